The summed E-state index contributed by atoms with van der Waals surface area (Å²) >= 11 is 0. The molecule has 1 aromatic carbocycles. The van der Waals surface area contributed by atoms with Crippen molar-refractivity contribution in [2.45, 2.75) is 33.4 Å². The highest BCUT2D eigenvalue weighted by Gasteiger charge is 2.22. The van der Waals surface area contributed by atoms with E-state index >= 15 is 0 Å². The van der Waals surface area contributed by atoms with Crippen LogP contribution in [0.1, 0.15) is 29.8 Å². The second-order valence-corrected chi connectivity index (χ2v) is 7.59. The van der Waals surface area contributed by atoms with E-state index in [2.05, 4.69) is 0 Å². The number of aryl methyl sites for hydroxylation is 1. The summed E-state index contributed by atoms with van der Waals surface area (Å²) in [7, 11) is 0. The maximum atomic E-state index is 13.3. The van der Waals surface area contributed by atoms with Crippen molar-refractivity contribution in [3.05, 3.63) is 83.7 Å². The quantitative estimate of drug-likeness (QED) is 0.400. The molecule has 0 radical (unpaired) electrons. The van der Waals surface area contributed by atoms with Crippen LogP contribution in [0.15, 0.2) is 69.7 Å². The number of hydrogen-bond donors (Lipinski definition) is 0. The Kier molecular flexibility index (Phi) is 8.69. The van der Waals surface area contributed by atoms with E-state index in [4.69, 9.17) is 13.6 Å². The fourth-order valence-corrected chi connectivity index (χ4v) is 3.43. The van der Waals surface area contributed by atoms with Crippen LogP contribution in [0.5, 0.6) is 0 Å². The molecule has 7 heteroatoms. The number of nitrogens with zero attached hydrogens (tertiary/aromatic N) is 2. The van der Waals surface area contributed by atoms with Crippen molar-refractivity contribution in [3.8, 4) is 0 Å². The van der Waals surface area contributed by atoms with Gasteiger partial charge in [-0.15, -0.1) is 0 Å². The predicted molar refractivity (Wildman–Crippen MR) is 120 cm³/mol. The van der Waals surface area contributed by atoms with E-state index in [-0.39, 0.29) is 25.0 Å². The number of furan rings is 2. The van der Waals surface area contributed by atoms with Gasteiger partial charge in [-0.1, -0.05) is 30.3 Å². The molecule has 170 valence electrons. The zero-order chi connectivity index (χ0) is 22.8. The van der Waals surface area contributed by atoms with Crippen LogP contribution in [0.4, 0.5) is 0 Å². The average Bonchev–Trinajstić information content (AvgIpc) is 3.43. The largest absolute Gasteiger partial charge is 0.468 e. The number of hydrogen-bond acceptors (Lipinski definition) is 6. The molecule has 2 aromatic heterocycles. The SMILES string of the molecule is CCOC(=O)CN(CC(=O)N(CCc1ccccc1)Cc1ccc(C)o1)Cc1ccco1. The van der Waals surface area contributed by atoms with Crippen molar-refractivity contribution in [2.75, 3.05) is 26.2 Å². The Morgan fingerprint density at radius 1 is 0.938 bits per heavy atom. The van der Waals surface area contributed by atoms with E-state index < -0.39 is 0 Å². The Labute approximate surface area is 188 Å². The third-order valence-corrected chi connectivity index (χ3v) is 4.99. The topological polar surface area (TPSA) is 76.1 Å². The van der Waals surface area contributed by atoms with Crippen molar-refractivity contribution >= 4 is 11.9 Å². The Morgan fingerprint density at radius 3 is 2.41 bits per heavy atom. The van der Waals surface area contributed by atoms with Crippen molar-refractivity contribution in [1.82, 2.24) is 9.80 Å². The van der Waals surface area contributed by atoms with Crippen molar-refractivity contribution in [3.63, 3.8) is 0 Å². The minimum Gasteiger partial charge on any atom is -0.468 e. The lowest BCUT2D eigenvalue weighted by molar-refractivity contribution is -0.145. The van der Waals surface area contributed by atoms with Gasteiger partial charge in [0.1, 0.15) is 17.3 Å². The first-order valence-corrected chi connectivity index (χ1v) is 10.8. The van der Waals surface area contributed by atoms with Gasteiger partial charge in [0.25, 0.3) is 0 Å². The van der Waals surface area contributed by atoms with Crippen LogP contribution < -0.4 is 0 Å². The zero-order valence-corrected chi connectivity index (χ0v) is 18.7. The van der Waals surface area contributed by atoms with Gasteiger partial charge in [0.2, 0.25) is 5.91 Å². The molecule has 0 saturated carbocycles. The van der Waals surface area contributed by atoms with Gasteiger partial charge in [-0.2, -0.15) is 0 Å². The number of carbonyl (C=O) groups is 2. The highest BCUT2D eigenvalue weighted by Crippen LogP contribution is 2.13. The molecular weight excluding hydrogens is 408 g/mol. The average molecular weight is 439 g/mol. The molecule has 0 spiro atoms. The van der Waals surface area contributed by atoms with E-state index in [1.165, 1.54) is 0 Å². The third kappa shape index (κ3) is 7.42. The van der Waals surface area contributed by atoms with Crippen LogP contribution in [-0.2, 0) is 33.8 Å². The molecule has 0 N–H and O–H groups in total. The molecule has 0 aliphatic heterocycles. The smallest absolute Gasteiger partial charge is 0.320 e. The zero-order valence-electron chi connectivity index (χ0n) is 18.7. The molecular formula is C25H30N2O5. The molecule has 0 unspecified atom stereocenters. The van der Waals surface area contributed by atoms with Crippen LogP contribution in [0, 0.1) is 6.92 Å². The monoisotopic (exact) mass is 438 g/mol. The van der Waals surface area contributed by atoms with Gasteiger partial charge in [-0.3, -0.25) is 14.5 Å². The van der Waals surface area contributed by atoms with E-state index in [9.17, 15) is 9.59 Å². The van der Waals surface area contributed by atoms with Gasteiger partial charge >= 0.3 is 5.97 Å². The summed E-state index contributed by atoms with van der Waals surface area (Å²) in [5.41, 5.74) is 1.15. The Balaban J connectivity index is 1.70. The maximum absolute atomic E-state index is 13.3. The molecule has 0 aliphatic carbocycles. The lowest BCUT2D eigenvalue weighted by Crippen LogP contribution is -2.42. The normalized spacial score (nSPS) is 11.0. The Bertz CT molecular complexity index is 965. The number of amides is 1. The molecule has 0 atom stereocenters. The highest BCUT2D eigenvalue weighted by molar-refractivity contribution is 5.79. The highest BCUT2D eigenvalue weighted by atomic mass is 16.5. The van der Waals surface area contributed by atoms with Gasteiger partial charge in [0.15, 0.2) is 0 Å². The molecule has 32 heavy (non-hydrogen) atoms. The van der Waals surface area contributed by atoms with Crippen LogP contribution in [0.3, 0.4) is 0 Å². The van der Waals surface area contributed by atoms with E-state index in [0.29, 0.717) is 32.0 Å². The van der Waals surface area contributed by atoms with Crippen LogP contribution in [-0.4, -0.2) is 47.9 Å². The van der Waals surface area contributed by atoms with E-state index in [0.717, 1.165) is 23.5 Å². The minimum absolute atomic E-state index is 0.00661. The number of benzene rings is 1. The van der Waals surface area contributed by atoms with Gasteiger partial charge in [-0.05, 0) is 50.1 Å². The summed E-state index contributed by atoms with van der Waals surface area (Å²) < 4.78 is 16.2. The first kappa shape index (κ1) is 23.3. The van der Waals surface area contributed by atoms with Crippen LogP contribution in [0.25, 0.3) is 0 Å². The number of ether oxygens (including phenoxy) is 1. The molecule has 3 aromatic rings. The summed E-state index contributed by atoms with van der Waals surface area (Å²) in [6.07, 6.45) is 2.30. The third-order valence-electron chi connectivity index (χ3n) is 4.99. The first-order valence-electron chi connectivity index (χ1n) is 10.8. The summed E-state index contributed by atoms with van der Waals surface area (Å²) in [6.45, 7) is 5.25. The summed E-state index contributed by atoms with van der Waals surface area (Å²) in [5.74, 6) is 1.75. The van der Waals surface area contributed by atoms with Gasteiger partial charge in [-0.25, -0.2) is 0 Å². The van der Waals surface area contributed by atoms with Crippen LogP contribution in [0.2, 0.25) is 0 Å². The van der Waals surface area contributed by atoms with Crippen molar-refractivity contribution in [2.24, 2.45) is 0 Å². The van der Waals surface area contributed by atoms with Crippen molar-refractivity contribution in [1.29, 1.82) is 0 Å². The molecule has 0 fully saturated rings. The van der Waals surface area contributed by atoms with E-state index in [1.54, 1.807) is 29.1 Å². The predicted octanol–water partition coefficient (Wildman–Crippen LogP) is 3.82. The van der Waals surface area contributed by atoms with Gasteiger partial charge < -0.3 is 18.5 Å². The van der Waals surface area contributed by atoms with Gasteiger partial charge in [0, 0.05) is 6.54 Å². The number of carbonyl (C=O) groups excluding carboxylic acids is 2. The maximum Gasteiger partial charge on any atom is 0.320 e. The second-order valence-electron chi connectivity index (χ2n) is 7.59. The van der Waals surface area contributed by atoms with Crippen molar-refractivity contribution < 1.29 is 23.2 Å². The fourth-order valence-electron chi connectivity index (χ4n) is 3.43. The van der Waals surface area contributed by atoms with E-state index in [1.807, 2.05) is 55.5 Å². The molecule has 7 nitrogen and oxygen atoms in total. The number of rotatable bonds is 12. The lowest BCUT2D eigenvalue weighted by Gasteiger charge is -2.26. The standard InChI is InChI=1S/C25H30N2O5/c1-3-30-25(29)19-26(16-22-10-7-15-31-22)18-24(28)27(17-23-12-11-20(2)32-23)14-13-21-8-5-4-6-9-21/h4-12,15H,3,13-14,16-19H2,1-2H3. The molecule has 1 amide bonds. The summed E-state index contributed by atoms with van der Waals surface area (Å²) in [4.78, 5) is 28.9. The summed E-state index contributed by atoms with van der Waals surface area (Å²) in [5, 5.41) is 0. The molecule has 0 saturated heterocycles. The fraction of sp³-hybridized carbons (Fsp3) is 0.360. The molecule has 2 heterocycles. The van der Waals surface area contributed by atoms with Crippen LogP contribution >= 0.6 is 0 Å². The lowest BCUT2D eigenvalue weighted by atomic mass is 10.1. The van der Waals surface area contributed by atoms with Gasteiger partial charge in [0.05, 0.1) is 39.0 Å². The minimum atomic E-state index is -0.371. The first-order chi connectivity index (χ1) is 15.5. The summed E-state index contributed by atoms with van der Waals surface area (Å²) in [6, 6.07) is 17.4. The molecule has 0 bridgehead atoms. The number of esters is 1. The molecule has 0 aliphatic rings. The second kappa shape index (κ2) is 11.9. The Hall–Kier alpha value is -3.32. The molecule has 3 rings (SSSR count). The Morgan fingerprint density at radius 2 is 1.75 bits per heavy atom.